The molecule has 1 N–H and O–H groups in total. The van der Waals surface area contributed by atoms with E-state index >= 15 is 0 Å². The van der Waals surface area contributed by atoms with Gasteiger partial charge in [0.25, 0.3) is 0 Å². The summed E-state index contributed by atoms with van der Waals surface area (Å²) in [5.41, 5.74) is 2.14. The van der Waals surface area contributed by atoms with Crippen LogP contribution >= 0.6 is 0 Å². The third kappa shape index (κ3) is 2.48. The van der Waals surface area contributed by atoms with Crippen molar-refractivity contribution in [1.82, 2.24) is 9.78 Å². The number of fused-ring (bicyclic) bond motifs is 1. The lowest BCUT2D eigenvalue weighted by molar-refractivity contribution is 0.0683. The first-order valence-corrected chi connectivity index (χ1v) is 6.65. The monoisotopic (exact) mass is 260 g/mol. The van der Waals surface area contributed by atoms with Crippen LogP contribution in [-0.4, -0.2) is 20.9 Å². The van der Waals surface area contributed by atoms with E-state index in [9.17, 15) is 9.90 Å². The van der Waals surface area contributed by atoms with Gasteiger partial charge >= 0.3 is 5.97 Å². The summed E-state index contributed by atoms with van der Waals surface area (Å²) in [6.45, 7) is 8.15. The highest BCUT2D eigenvalue weighted by molar-refractivity contribution is 6.02. The van der Waals surface area contributed by atoms with Gasteiger partial charge in [-0.05, 0) is 37.8 Å². The fraction of sp³-hybridized carbons (Fsp3) is 0.467. The van der Waals surface area contributed by atoms with Crippen LogP contribution in [0.1, 0.15) is 49.8 Å². The zero-order chi connectivity index (χ0) is 14.2. The number of carboxylic acid groups (broad SMARTS) is 1. The topological polar surface area (TPSA) is 55.1 Å². The van der Waals surface area contributed by atoms with E-state index in [4.69, 9.17) is 0 Å². The normalized spacial score (nSPS) is 11.7. The predicted octanol–water partition coefficient (Wildman–Crippen LogP) is 3.51. The molecule has 0 spiro atoms. The van der Waals surface area contributed by atoms with Gasteiger partial charge in [0.1, 0.15) is 0 Å². The van der Waals surface area contributed by atoms with Crippen molar-refractivity contribution in [2.24, 2.45) is 5.92 Å². The Labute approximate surface area is 113 Å². The van der Waals surface area contributed by atoms with E-state index in [2.05, 4.69) is 18.9 Å². The molecule has 0 radical (unpaired) electrons. The summed E-state index contributed by atoms with van der Waals surface area (Å²) in [4.78, 5) is 11.6. The largest absolute Gasteiger partial charge is 0.477 e. The van der Waals surface area contributed by atoms with Crippen molar-refractivity contribution in [2.45, 2.75) is 40.2 Å². The molecule has 0 saturated heterocycles. The molecule has 1 aromatic carbocycles. The Morgan fingerprint density at radius 3 is 2.53 bits per heavy atom. The van der Waals surface area contributed by atoms with E-state index < -0.39 is 5.97 Å². The smallest absolute Gasteiger partial charge is 0.354 e. The van der Waals surface area contributed by atoms with Crippen molar-refractivity contribution in [3.05, 3.63) is 29.5 Å². The van der Waals surface area contributed by atoms with Crippen LogP contribution in [0.3, 0.4) is 0 Å². The lowest BCUT2D eigenvalue weighted by Gasteiger charge is -2.09. The summed E-state index contributed by atoms with van der Waals surface area (Å²) in [6.07, 6.45) is 0.863. The highest BCUT2D eigenvalue weighted by Gasteiger charge is 2.21. The van der Waals surface area contributed by atoms with Gasteiger partial charge in [0.15, 0.2) is 5.69 Å². The van der Waals surface area contributed by atoms with Crippen LogP contribution in [0.4, 0.5) is 0 Å². The molecule has 102 valence electrons. The van der Waals surface area contributed by atoms with Crippen molar-refractivity contribution in [1.29, 1.82) is 0 Å². The summed E-state index contributed by atoms with van der Waals surface area (Å²) in [7, 11) is 0. The highest BCUT2D eigenvalue weighted by atomic mass is 16.4. The number of hydrogen-bond acceptors (Lipinski definition) is 2. The minimum atomic E-state index is -0.910. The van der Waals surface area contributed by atoms with E-state index in [0.717, 1.165) is 22.9 Å². The molecular weight excluding hydrogens is 240 g/mol. The standard InChI is InChI=1S/C15H20N2O2/c1-9(2)8-11-6-5-7-12-13(11)14(15(18)19)17(16-12)10(3)4/h5-7,9-10H,8H2,1-4H3,(H,18,19). The minimum Gasteiger partial charge on any atom is -0.477 e. The highest BCUT2D eigenvalue weighted by Crippen LogP contribution is 2.27. The van der Waals surface area contributed by atoms with Crippen LogP contribution in [0.2, 0.25) is 0 Å². The van der Waals surface area contributed by atoms with Gasteiger partial charge in [-0.15, -0.1) is 0 Å². The van der Waals surface area contributed by atoms with Gasteiger partial charge in [0.2, 0.25) is 0 Å². The number of carboxylic acids is 1. The zero-order valence-electron chi connectivity index (χ0n) is 11.8. The molecule has 0 saturated carbocycles. The number of carbonyl (C=O) groups is 1. The van der Waals surface area contributed by atoms with Crippen molar-refractivity contribution in [2.75, 3.05) is 0 Å². The van der Waals surface area contributed by atoms with E-state index in [0.29, 0.717) is 11.6 Å². The third-order valence-corrected chi connectivity index (χ3v) is 3.13. The quantitative estimate of drug-likeness (QED) is 0.915. The summed E-state index contributed by atoms with van der Waals surface area (Å²) >= 11 is 0. The Kier molecular flexibility index (Phi) is 3.60. The van der Waals surface area contributed by atoms with Crippen LogP contribution in [0.25, 0.3) is 10.9 Å². The van der Waals surface area contributed by atoms with Gasteiger partial charge in [-0.2, -0.15) is 5.10 Å². The number of nitrogens with zero attached hydrogens (tertiary/aromatic N) is 2. The third-order valence-electron chi connectivity index (χ3n) is 3.13. The lowest BCUT2D eigenvalue weighted by atomic mass is 9.98. The number of rotatable bonds is 4. The fourth-order valence-corrected chi connectivity index (χ4v) is 2.41. The molecule has 0 aliphatic carbocycles. The van der Waals surface area contributed by atoms with Gasteiger partial charge in [-0.3, -0.25) is 4.68 Å². The van der Waals surface area contributed by atoms with Crippen LogP contribution in [0.5, 0.6) is 0 Å². The molecule has 0 unspecified atom stereocenters. The Balaban J connectivity index is 2.75. The maximum atomic E-state index is 11.6. The molecule has 0 amide bonds. The lowest BCUT2D eigenvalue weighted by Crippen LogP contribution is -2.12. The van der Waals surface area contributed by atoms with Gasteiger partial charge in [0.05, 0.1) is 5.52 Å². The molecule has 0 aliphatic heterocycles. The Morgan fingerprint density at radius 2 is 2.00 bits per heavy atom. The average molecular weight is 260 g/mol. The first kappa shape index (κ1) is 13.6. The van der Waals surface area contributed by atoms with Crippen LogP contribution in [0, 0.1) is 5.92 Å². The molecule has 0 bridgehead atoms. The molecule has 0 atom stereocenters. The van der Waals surface area contributed by atoms with Crippen LogP contribution in [-0.2, 0) is 6.42 Å². The first-order valence-electron chi connectivity index (χ1n) is 6.65. The molecular formula is C15H20N2O2. The van der Waals surface area contributed by atoms with Gasteiger partial charge in [-0.1, -0.05) is 26.0 Å². The number of aromatic nitrogens is 2. The second-order valence-corrected chi connectivity index (χ2v) is 5.60. The molecule has 4 nitrogen and oxygen atoms in total. The molecule has 1 aromatic heterocycles. The van der Waals surface area contributed by atoms with Crippen LogP contribution in [0.15, 0.2) is 18.2 Å². The predicted molar refractivity (Wildman–Crippen MR) is 75.6 cm³/mol. The van der Waals surface area contributed by atoms with E-state index in [1.165, 1.54) is 0 Å². The Bertz CT molecular complexity index is 612. The molecule has 4 heteroatoms. The molecule has 1 heterocycles. The van der Waals surface area contributed by atoms with Crippen molar-refractivity contribution >= 4 is 16.9 Å². The van der Waals surface area contributed by atoms with Gasteiger partial charge in [-0.25, -0.2) is 4.79 Å². The van der Waals surface area contributed by atoms with E-state index in [1.807, 2.05) is 32.0 Å². The maximum absolute atomic E-state index is 11.6. The fourth-order valence-electron chi connectivity index (χ4n) is 2.41. The zero-order valence-corrected chi connectivity index (χ0v) is 11.8. The molecule has 0 fully saturated rings. The van der Waals surface area contributed by atoms with E-state index in [1.54, 1.807) is 4.68 Å². The minimum absolute atomic E-state index is 0.0328. The van der Waals surface area contributed by atoms with Crippen molar-refractivity contribution in [3.8, 4) is 0 Å². The summed E-state index contributed by atoms with van der Waals surface area (Å²) in [5.74, 6) is -0.429. The SMILES string of the molecule is CC(C)Cc1cccc2nn(C(C)C)c(C(=O)O)c12. The molecule has 19 heavy (non-hydrogen) atoms. The molecule has 2 rings (SSSR count). The van der Waals surface area contributed by atoms with Gasteiger partial charge < -0.3 is 5.11 Å². The van der Waals surface area contributed by atoms with Crippen molar-refractivity contribution < 1.29 is 9.90 Å². The Hall–Kier alpha value is -1.84. The number of hydrogen-bond donors (Lipinski definition) is 1. The number of aromatic carboxylic acids is 1. The van der Waals surface area contributed by atoms with Crippen LogP contribution < -0.4 is 0 Å². The van der Waals surface area contributed by atoms with Crippen molar-refractivity contribution in [3.63, 3.8) is 0 Å². The first-order chi connectivity index (χ1) is 8.91. The number of benzene rings is 1. The molecule has 0 aliphatic rings. The molecule has 2 aromatic rings. The maximum Gasteiger partial charge on any atom is 0.354 e. The second-order valence-electron chi connectivity index (χ2n) is 5.60. The second kappa shape index (κ2) is 5.03. The summed E-state index contributed by atoms with van der Waals surface area (Å²) < 4.78 is 1.61. The van der Waals surface area contributed by atoms with E-state index in [-0.39, 0.29) is 6.04 Å². The van der Waals surface area contributed by atoms with Gasteiger partial charge in [0, 0.05) is 11.4 Å². The summed E-state index contributed by atoms with van der Waals surface area (Å²) in [6, 6.07) is 5.86. The Morgan fingerprint density at radius 1 is 1.32 bits per heavy atom. The summed E-state index contributed by atoms with van der Waals surface area (Å²) in [5, 5.41) is 14.7. The average Bonchev–Trinajstić information content (AvgIpc) is 2.68.